The third-order valence-corrected chi connectivity index (χ3v) is 3.61. The van der Waals surface area contributed by atoms with Gasteiger partial charge in [-0.2, -0.15) is 4.98 Å². The molecule has 0 amide bonds. The summed E-state index contributed by atoms with van der Waals surface area (Å²) < 4.78 is 5.38. The summed E-state index contributed by atoms with van der Waals surface area (Å²) in [4.78, 5) is 12.6. The minimum atomic E-state index is 0.0396. The fourth-order valence-electron chi connectivity index (χ4n) is 2.52. The van der Waals surface area contributed by atoms with Crippen LogP contribution in [0.4, 0.5) is 0 Å². The van der Waals surface area contributed by atoms with E-state index < -0.39 is 0 Å². The van der Waals surface area contributed by atoms with Crippen molar-refractivity contribution in [2.75, 3.05) is 0 Å². The SMILES string of the molecule is c1ccc2c(c1)CN[C@H](c1nc(-c3cnccn3)no1)C2. The quantitative estimate of drug-likeness (QED) is 0.772. The molecule has 2 aromatic heterocycles. The third kappa shape index (κ3) is 2.30. The van der Waals surface area contributed by atoms with Crippen molar-refractivity contribution >= 4 is 0 Å². The molecule has 0 bridgehead atoms. The van der Waals surface area contributed by atoms with Crippen molar-refractivity contribution in [3.8, 4) is 11.5 Å². The Morgan fingerprint density at radius 1 is 1.14 bits per heavy atom. The van der Waals surface area contributed by atoms with Gasteiger partial charge in [0.25, 0.3) is 0 Å². The van der Waals surface area contributed by atoms with E-state index in [1.807, 2.05) is 0 Å². The largest absolute Gasteiger partial charge is 0.337 e. The van der Waals surface area contributed by atoms with Gasteiger partial charge in [-0.3, -0.25) is 4.98 Å². The Bertz CT molecular complexity index is 756. The maximum Gasteiger partial charge on any atom is 0.244 e. The molecule has 6 heteroatoms. The van der Waals surface area contributed by atoms with Gasteiger partial charge in [0.2, 0.25) is 11.7 Å². The van der Waals surface area contributed by atoms with Gasteiger partial charge >= 0.3 is 0 Å². The van der Waals surface area contributed by atoms with Crippen LogP contribution in [0.3, 0.4) is 0 Å². The molecule has 21 heavy (non-hydrogen) atoms. The van der Waals surface area contributed by atoms with Crippen molar-refractivity contribution in [3.63, 3.8) is 0 Å². The van der Waals surface area contributed by atoms with E-state index in [4.69, 9.17) is 4.52 Å². The number of rotatable bonds is 2. The van der Waals surface area contributed by atoms with E-state index in [1.165, 1.54) is 11.1 Å². The van der Waals surface area contributed by atoms with Gasteiger partial charge in [-0.05, 0) is 17.5 Å². The summed E-state index contributed by atoms with van der Waals surface area (Å²) in [6.07, 6.45) is 5.70. The molecule has 0 spiro atoms. The minimum absolute atomic E-state index is 0.0396. The fourth-order valence-corrected chi connectivity index (χ4v) is 2.52. The summed E-state index contributed by atoms with van der Waals surface area (Å²) in [6.45, 7) is 0.809. The Kier molecular flexibility index (Phi) is 2.93. The summed E-state index contributed by atoms with van der Waals surface area (Å²) in [6, 6.07) is 8.43. The standard InChI is InChI=1S/C15H13N5O/c1-2-4-11-8-18-12(7-10(11)3-1)15-19-14(20-21-15)13-9-16-5-6-17-13/h1-6,9,12,18H,7-8H2/t12-/m0/s1. The Balaban J connectivity index is 1.60. The van der Waals surface area contributed by atoms with Gasteiger partial charge in [-0.1, -0.05) is 29.4 Å². The summed E-state index contributed by atoms with van der Waals surface area (Å²) in [7, 11) is 0. The molecule has 0 fully saturated rings. The van der Waals surface area contributed by atoms with E-state index >= 15 is 0 Å². The average Bonchev–Trinajstić information content (AvgIpc) is 3.05. The van der Waals surface area contributed by atoms with Crippen LogP contribution < -0.4 is 5.32 Å². The van der Waals surface area contributed by atoms with Crippen LogP contribution in [0.5, 0.6) is 0 Å². The van der Waals surface area contributed by atoms with Gasteiger partial charge in [-0.15, -0.1) is 0 Å². The minimum Gasteiger partial charge on any atom is -0.337 e. The van der Waals surface area contributed by atoms with Crippen LogP contribution in [0.1, 0.15) is 23.1 Å². The average molecular weight is 279 g/mol. The second-order valence-corrected chi connectivity index (χ2v) is 4.95. The normalized spacial score (nSPS) is 17.4. The molecule has 6 nitrogen and oxygen atoms in total. The number of fused-ring (bicyclic) bond motifs is 1. The zero-order valence-corrected chi connectivity index (χ0v) is 11.2. The molecule has 0 unspecified atom stereocenters. The molecule has 0 aliphatic carbocycles. The van der Waals surface area contributed by atoms with Crippen LogP contribution in [0, 0.1) is 0 Å². The van der Waals surface area contributed by atoms with Crippen LogP contribution in [0.2, 0.25) is 0 Å². The molecule has 1 aliphatic rings. The van der Waals surface area contributed by atoms with E-state index in [1.54, 1.807) is 18.6 Å². The van der Waals surface area contributed by atoms with Crippen molar-refractivity contribution in [3.05, 3.63) is 59.9 Å². The molecule has 1 atom stereocenters. The smallest absolute Gasteiger partial charge is 0.244 e. The molecule has 0 radical (unpaired) electrons. The van der Waals surface area contributed by atoms with Crippen molar-refractivity contribution in [2.24, 2.45) is 0 Å². The Hall–Kier alpha value is -2.60. The molecular formula is C15H13N5O. The molecule has 3 aromatic rings. The lowest BCUT2D eigenvalue weighted by Crippen LogP contribution is -2.28. The number of hydrogen-bond donors (Lipinski definition) is 1. The Morgan fingerprint density at radius 2 is 2.05 bits per heavy atom. The van der Waals surface area contributed by atoms with E-state index in [-0.39, 0.29) is 6.04 Å². The summed E-state index contributed by atoms with van der Waals surface area (Å²) in [5.74, 6) is 1.06. The van der Waals surface area contributed by atoms with E-state index in [2.05, 4.69) is 49.7 Å². The van der Waals surface area contributed by atoms with Gasteiger partial charge in [0.1, 0.15) is 5.69 Å². The van der Waals surface area contributed by atoms with Crippen molar-refractivity contribution in [1.29, 1.82) is 0 Å². The first-order valence-corrected chi connectivity index (χ1v) is 6.80. The maximum atomic E-state index is 5.38. The first-order valence-electron chi connectivity index (χ1n) is 6.80. The zero-order chi connectivity index (χ0) is 14.1. The topological polar surface area (TPSA) is 76.7 Å². The van der Waals surface area contributed by atoms with Crippen molar-refractivity contribution < 1.29 is 4.52 Å². The molecule has 1 N–H and O–H groups in total. The Labute approximate surface area is 121 Å². The monoisotopic (exact) mass is 279 g/mol. The van der Waals surface area contributed by atoms with Crippen molar-refractivity contribution in [2.45, 2.75) is 19.0 Å². The first-order chi connectivity index (χ1) is 10.4. The number of aromatic nitrogens is 4. The predicted octanol–water partition coefficient (Wildman–Crippen LogP) is 1.91. The van der Waals surface area contributed by atoms with Crippen LogP contribution in [0.25, 0.3) is 11.5 Å². The third-order valence-electron chi connectivity index (χ3n) is 3.61. The lowest BCUT2D eigenvalue weighted by Gasteiger charge is -2.23. The molecule has 0 saturated carbocycles. The van der Waals surface area contributed by atoms with Gasteiger partial charge < -0.3 is 9.84 Å². The van der Waals surface area contributed by atoms with E-state index in [9.17, 15) is 0 Å². The number of nitrogens with one attached hydrogen (secondary N) is 1. The molecule has 1 aliphatic heterocycles. The summed E-state index contributed by atoms with van der Waals surface area (Å²) in [5.41, 5.74) is 3.26. The maximum absolute atomic E-state index is 5.38. The van der Waals surface area contributed by atoms with Crippen LogP contribution in [-0.4, -0.2) is 20.1 Å². The highest BCUT2D eigenvalue weighted by atomic mass is 16.5. The zero-order valence-electron chi connectivity index (χ0n) is 11.2. The molecule has 1 aromatic carbocycles. The highest BCUT2D eigenvalue weighted by molar-refractivity contribution is 5.45. The van der Waals surface area contributed by atoms with Gasteiger partial charge in [0.05, 0.1) is 12.2 Å². The fraction of sp³-hybridized carbons (Fsp3) is 0.200. The van der Waals surface area contributed by atoms with Crippen LogP contribution in [0.15, 0.2) is 47.4 Å². The highest BCUT2D eigenvalue weighted by Crippen LogP contribution is 2.25. The Morgan fingerprint density at radius 3 is 2.90 bits per heavy atom. The van der Waals surface area contributed by atoms with Crippen LogP contribution in [-0.2, 0) is 13.0 Å². The van der Waals surface area contributed by atoms with Gasteiger partial charge in [0.15, 0.2) is 0 Å². The molecule has 3 heterocycles. The molecule has 104 valence electrons. The van der Waals surface area contributed by atoms with Crippen LogP contribution >= 0.6 is 0 Å². The second-order valence-electron chi connectivity index (χ2n) is 4.95. The van der Waals surface area contributed by atoms with Gasteiger partial charge in [-0.25, -0.2) is 4.98 Å². The van der Waals surface area contributed by atoms with E-state index in [0.717, 1.165) is 13.0 Å². The molecule has 4 rings (SSSR count). The predicted molar refractivity (Wildman–Crippen MR) is 75.1 cm³/mol. The lowest BCUT2D eigenvalue weighted by molar-refractivity contribution is 0.321. The molecular weight excluding hydrogens is 266 g/mol. The number of hydrogen-bond acceptors (Lipinski definition) is 6. The number of benzene rings is 1. The molecule has 0 saturated heterocycles. The summed E-state index contributed by atoms with van der Waals surface area (Å²) >= 11 is 0. The second kappa shape index (κ2) is 5.06. The summed E-state index contributed by atoms with van der Waals surface area (Å²) in [5, 5.41) is 7.41. The first kappa shape index (κ1) is 12.2. The van der Waals surface area contributed by atoms with E-state index in [0.29, 0.717) is 17.4 Å². The van der Waals surface area contributed by atoms with Gasteiger partial charge in [0, 0.05) is 18.9 Å². The highest BCUT2D eigenvalue weighted by Gasteiger charge is 2.24. The lowest BCUT2D eigenvalue weighted by atomic mass is 9.96. The van der Waals surface area contributed by atoms with Crippen molar-refractivity contribution in [1.82, 2.24) is 25.4 Å². The number of nitrogens with zero attached hydrogens (tertiary/aromatic N) is 4.